The summed E-state index contributed by atoms with van der Waals surface area (Å²) in [5.74, 6) is -0.835. The van der Waals surface area contributed by atoms with Gasteiger partial charge in [0.1, 0.15) is 5.82 Å². The molecule has 1 rings (SSSR count). The van der Waals surface area contributed by atoms with Crippen molar-refractivity contribution >= 4 is 27.9 Å². The van der Waals surface area contributed by atoms with Gasteiger partial charge in [-0.3, -0.25) is 4.79 Å². The summed E-state index contributed by atoms with van der Waals surface area (Å²) in [6.45, 7) is -0.0139. The molecule has 0 aromatic heterocycles. The summed E-state index contributed by atoms with van der Waals surface area (Å²) < 4.78 is 19.0. The van der Waals surface area contributed by atoms with Crippen molar-refractivity contribution in [2.75, 3.05) is 20.3 Å². The highest BCUT2D eigenvalue weighted by Gasteiger charge is 2.08. The summed E-state index contributed by atoms with van der Waals surface area (Å²) in [4.78, 5) is 11.6. The van der Waals surface area contributed by atoms with Gasteiger partial charge in [-0.05, 0) is 24.3 Å². The summed E-state index contributed by atoms with van der Waals surface area (Å²) in [5, 5.41) is 11.5. The number of halogens is 2. The van der Waals surface area contributed by atoms with Crippen molar-refractivity contribution in [2.24, 2.45) is 0 Å². The first-order chi connectivity index (χ1) is 9.06. The number of aliphatic hydroxyl groups is 1. The standard InChI is InChI=1S/C13H15BrFNO3/c1-19-8-11(7-17)16-13(18)5-2-9-6-10(14)3-4-12(9)15/h2-6,11,17H,7-8H2,1H3,(H,16,18)/b5-2+. The van der Waals surface area contributed by atoms with E-state index in [0.29, 0.717) is 5.56 Å². The first-order valence-corrected chi connectivity index (χ1v) is 6.39. The lowest BCUT2D eigenvalue weighted by molar-refractivity contribution is -0.117. The summed E-state index contributed by atoms with van der Waals surface area (Å²) in [7, 11) is 1.47. The van der Waals surface area contributed by atoms with E-state index in [2.05, 4.69) is 21.2 Å². The Morgan fingerprint density at radius 1 is 1.63 bits per heavy atom. The molecule has 0 aliphatic rings. The number of carbonyl (C=O) groups excluding carboxylic acids is 1. The number of nitrogens with one attached hydrogen (secondary N) is 1. The largest absolute Gasteiger partial charge is 0.394 e. The normalized spacial score (nSPS) is 12.6. The second-order valence-corrected chi connectivity index (χ2v) is 4.76. The number of aliphatic hydroxyl groups excluding tert-OH is 1. The molecule has 0 saturated heterocycles. The lowest BCUT2D eigenvalue weighted by Crippen LogP contribution is -2.39. The topological polar surface area (TPSA) is 58.6 Å². The third kappa shape index (κ3) is 5.50. The van der Waals surface area contributed by atoms with Crippen molar-refractivity contribution in [3.8, 4) is 0 Å². The molecule has 6 heteroatoms. The van der Waals surface area contributed by atoms with Gasteiger partial charge < -0.3 is 15.2 Å². The average Bonchev–Trinajstić information content (AvgIpc) is 2.39. The van der Waals surface area contributed by atoms with Gasteiger partial charge in [0.15, 0.2) is 0 Å². The van der Waals surface area contributed by atoms with E-state index in [1.165, 1.54) is 25.3 Å². The van der Waals surface area contributed by atoms with Gasteiger partial charge in [-0.1, -0.05) is 15.9 Å². The maximum atomic E-state index is 13.4. The Kier molecular flexibility index (Phi) is 6.69. The van der Waals surface area contributed by atoms with Crippen molar-refractivity contribution in [3.05, 3.63) is 40.1 Å². The van der Waals surface area contributed by atoms with Crippen molar-refractivity contribution in [1.82, 2.24) is 5.32 Å². The van der Waals surface area contributed by atoms with Crippen LogP contribution in [0.3, 0.4) is 0 Å². The number of hydrogen-bond donors (Lipinski definition) is 2. The Morgan fingerprint density at radius 2 is 2.37 bits per heavy atom. The van der Waals surface area contributed by atoms with Crippen LogP contribution < -0.4 is 5.32 Å². The molecule has 19 heavy (non-hydrogen) atoms. The van der Waals surface area contributed by atoms with Crippen molar-refractivity contribution < 1.29 is 19.0 Å². The van der Waals surface area contributed by atoms with Crippen LogP contribution in [0.15, 0.2) is 28.7 Å². The molecule has 0 fully saturated rings. The van der Waals surface area contributed by atoms with Gasteiger partial charge in [0.25, 0.3) is 0 Å². The second-order valence-electron chi connectivity index (χ2n) is 3.84. The molecule has 1 atom stereocenters. The van der Waals surface area contributed by atoms with E-state index in [9.17, 15) is 9.18 Å². The molecule has 1 unspecified atom stereocenters. The monoisotopic (exact) mass is 331 g/mol. The number of carbonyl (C=O) groups is 1. The molecule has 4 nitrogen and oxygen atoms in total. The highest BCUT2D eigenvalue weighted by Crippen LogP contribution is 2.16. The van der Waals surface area contributed by atoms with Gasteiger partial charge >= 0.3 is 0 Å². The summed E-state index contributed by atoms with van der Waals surface area (Å²) >= 11 is 3.22. The molecular weight excluding hydrogens is 317 g/mol. The van der Waals surface area contributed by atoms with Crippen LogP contribution in [0.1, 0.15) is 5.56 Å². The minimum absolute atomic E-state index is 0.210. The number of rotatable bonds is 6. The summed E-state index contributed by atoms with van der Waals surface area (Å²) in [5.41, 5.74) is 0.303. The van der Waals surface area contributed by atoms with Gasteiger partial charge in [0, 0.05) is 23.2 Å². The zero-order chi connectivity index (χ0) is 14.3. The zero-order valence-electron chi connectivity index (χ0n) is 10.4. The van der Waals surface area contributed by atoms with Crippen LogP contribution in [-0.4, -0.2) is 37.4 Å². The predicted molar refractivity (Wildman–Crippen MR) is 74.0 cm³/mol. The smallest absolute Gasteiger partial charge is 0.244 e. The number of methoxy groups -OCH3 is 1. The van der Waals surface area contributed by atoms with Crippen molar-refractivity contribution in [3.63, 3.8) is 0 Å². The molecule has 0 aliphatic carbocycles. The van der Waals surface area contributed by atoms with E-state index in [4.69, 9.17) is 9.84 Å². The Bertz CT molecular complexity index is 465. The van der Waals surface area contributed by atoms with Crippen LogP contribution in [0.25, 0.3) is 6.08 Å². The Balaban J connectivity index is 2.65. The van der Waals surface area contributed by atoms with E-state index in [-0.39, 0.29) is 13.2 Å². The molecule has 0 saturated carbocycles. The van der Waals surface area contributed by atoms with Gasteiger partial charge in [0.05, 0.1) is 19.3 Å². The first kappa shape index (κ1) is 15.8. The van der Waals surface area contributed by atoms with E-state index < -0.39 is 17.8 Å². The third-order valence-corrected chi connectivity index (χ3v) is 2.80. The van der Waals surface area contributed by atoms with Gasteiger partial charge in [-0.2, -0.15) is 0 Å². The Hall–Kier alpha value is -1.24. The van der Waals surface area contributed by atoms with E-state index in [0.717, 1.165) is 4.47 Å². The van der Waals surface area contributed by atoms with E-state index >= 15 is 0 Å². The van der Waals surface area contributed by atoms with Crippen LogP contribution in [0.2, 0.25) is 0 Å². The lowest BCUT2D eigenvalue weighted by Gasteiger charge is -2.13. The fourth-order valence-electron chi connectivity index (χ4n) is 1.40. The average molecular weight is 332 g/mol. The van der Waals surface area contributed by atoms with E-state index in [1.807, 2.05) is 0 Å². The summed E-state index contributed by atoms with van der Waals surface area (Å²) in [6.07, 6.45) is 2.58. The predicted octanol–water partition coefficient (Wildman–Crippen LogP) is 1.72. The van der Waals surface area contributed by atoms with Crippen molar-refractivity contribution in [2.45, 2.75) is 6.04 Å². The second kappa shape index (κ2) is 8.04. The Labute approximate surface area is 119 Å². The molecule has 0 aliphatic heterocycles. The van der Waals surface area contributed by atoms with Crippen LogP contribution in [0.5, 0.6) is 0 Å². The number of ether oxygens (including phenoxy) is 1. The van der Waals surface area contributed by atoms with Crippen LogP contribution in [-0.2, 0) is 9.53 Å². The number of benzene rings is 1. The maximum absolute atomic E-state index is 13.4. The highest BCUT2D eigenvalue weighted by molar-refractivity contribution is 9.10. The number of hydrogen-bond acceptors (Lipinski definition) is 3. The molecule has 0 heterocycles. The van der Waals surface area contributed by atoms with E-state index in [1.54, 1.807) is 12.1 Å². The molecular formula is C13H15BrFNO3. The van der Waals surface area contributed by atoms with Crippen LogP contribution in [0.4, 0.5) is 4.39 Å². The van der Waals surface area contributed by atoms with Crippen molar-refractivity contribution in [1.29, 1.82) is 0 Å². The lowest BCUT2D eigenvalue weighted by atomic mass is 10.2. The minimum atomic E-state index is -0.477. The van der Waals surface area contributed by atoms with Crippen LogP contribution >= 0.6 is 15.9 Å². The molecule has 0 spiro atoms. The molecule has 2 N–H and O–H groups in total. The number of amides is 1. The molecule has 1 aromatic carbocycles. The molecule has 104 valence electrons. The van der Waals surface area contributed by atoms with Crippen LogP contribution in [0, 0.1) is 5.82 Å². The molecule has 0 bridgehead atoms. The zero-order valence-corrected chi connectivity index (χ0v) is 12.0. The fraction of sp³-hybridized carbons (Fsp3) is 0.308. The fourth-order valence-corrected chi connectivity index (χ4v) is 1.78. The summed E-state index contributed by atoms with van der Waals surface area (Å²) in [6, 6.07) is 3.98. The highest BCUT2D eigenvalue weighted by atomic mass is 79.9. The Morgan fingerprint density at radius 3 is 3.00 bits per heavy atom. The third-order valence-electron chi connectivity index (χ3n) is 2.31. The first-order valence-electron chi connectivity index (χ1n) is 5.60. The SMILES string of the molecule is COCC(CO)NC(=O)/C=C/c1cc(Br)ccc1F. The van der Waals surface area contributed by atoms with Gasteiger partial charge in [-0.25, -0.2) is 4.39 Å². The molecule has 0 radical (unpaired) electrons. The van der Waals surface area contributed by atoms with Gasteiger partial charge in [-0.15, -0.1) is 0 Å². The molecule has 1 amide bonds. The quantitative estimate of drug-likeness (QED) is 0.780. The molecule has 1 aromatic rings. The van der Waals surface area contributed by atoms with Gasteiger partial charge in [0.2, 0.25) is 5.91 Å². The minimum Gasteiger partial charge on any atom is -0.394 e. The maximum Gasteiger partial charge on any atom is 0.244 e.